The van der Waals surface area contributed by atoms with Gasteiger partial charge in [-0.2, -0.15) is 5.26 Å². The highest BCUT2D eigenvalue weighted by Gasteiger charge is 2.33. The Morgan fingerprint density at radius 2 is 2.11 bits per heavy atom. The molecule has 1 heterocycles. The van der Waals surface area contributed by atoms with Crippen LogP contribution in [0.4, 0.5) is 0 Å². The van der Waals surface area contributed by atoms with Crippen molar-refractivity contribution in [3.63, 3.8) is 0 Å². The molecule has 0 spiro atoms. The summed E-state index contributed by atoms with van der Waals surface area (Å²) in [6.07, 6.45) is 0.370. The van der Waals surface area contributed by atoms with Gasteiger partial charge in [0, 0.05) is 6.54 Å². The van der Waals surface area contributed by atoms with E-state index >= 15 is 0 Å². The number of morpholine rings is 1. The molecule has 0 saturated carbocycles. The van der Waals surface area contributed by atoms with Gasteiger partial charge in [0.1, 0.15) is 0 Å². The predicted octanol–water partition coefficient (Wildman–Crippen LogP) is 1.74. The van der Waals surface area contributed by atoms with E-state index in [1.54, 1.807) is 12.1 Å². The van der Waals surface area contributed by atoms with E-state index in [4.69, 9.17) is 10.00 Å². The minimum atomic E-state index is -0.248. The first kappa shape index (κ1) is 13.6. The van der Waals surface area contributed by atoms with Gasteiger partial charge < -0.3 is 9.64 Å². The fourth-order valence-electron chi connectivity index (χ4n) is 2.29. The molecule has 0 aromatic heterocycles. The molecule has 1 fully saturated rings. The maximum absolute atomic E-state index is 12.3. The van der Waals surface area contributed by atoms with Gasteiger partial charge in [0.2, 0.25) is 5.91 Å². The number of hydrogen-bond donors (Lipinski definition) is 0. The second-order valence-corrected chi connectivity index (χ2v) is 5.40. The van der Waals surface area contributed by atoms with Gasteiger partial charge in [-0.3, -0.25) is 4.79 Å². The molecule has 100 valence electrons. The summed E-state index contributed by atoms with van der Waals surface area (Å²) in [4.78, 5) is 14.2. The number of carbonyl (C=O) groups is 1. The van der Waals surface area contributed by atoms with Gasteiger partial charge in [0.25, 0.3) is 0 Å². The van der Waals surface area contributed by atoms with Gasteiger partial charge in [-0.1, -0.05) is 12.1 Å². The van der Waals surface area contributed by atoms with Crippen LogP contribution in [0.15, 0.2) is 24.3 Å². The average Bonchev–Trinajstić information content (AvgIpc) is 2.39. The molecule has 0 unspecified atom stereocenters. The Balaban J connectivity index is 2.05. The molecular formula is C15H18N2O2. The highest BCUT2D eigenvalue weighted by molar-refractivity contribution is 5.79. The van der Waals surface area contributed by atoms with Crippen molar-refractivity contribution < 1.29 is 9.53 Å². The normalized spacial score (nSPS) is 17.8. The van der Waals surface area contributed by atoms with E-state index in [1.807, 2.05) is 30.9 Å². The molecule has 2 rings (SSSR count). The third-order valence-corrected chi connectivity index (χ3v) is 3.38. The summed E-state index contributed by atoms with van der Waals surface area (Å²) < 4.78 is 5.42. The fraction of sp³-hybridized carbons (Fsp3) is 0.467. The smallest absolute Gasteiger partial charge is 0.227 e. The Labute approximate surface area is 113 Å². The van der Waals surface area contributed by atoms with Crippen LogP contribution in [0.1, 0.15) is 25.0 Å². The van der Waals surface area contributed by atoms with Crippen LogP contribution in [-0.2, 0) is 16.0 Å². The topological polar surface area (TPSA) is 53.3 Å². The number of nitriles is 1. The van der Waals surface area contributed by atoms with Crippen molar-refractivity contribution in [1.29, 1.82) is 5.26 Å². The Morgan fingerprint density at radius 1 is 1.42 bits per heavy atom. The zero-order valence-corrected chi connectivity index (χ0v) is 11.3. The van der Waals surface area contributed by atoms with Gasteiger partial charge in [-0.15, -0.1) is 0 Å². The summed E-state index contributed by atoms with van der Waals surface area (Å²) in [6.45, 7) is 5.85. The molecule has 1 aliphatic heterocycles. The first-order valence-electron chi connectivity index (χ1n) is 6.40. The van der Waals surface area contributed by atoms with E-state index in [1.165, 1.54) is 0 Å². The maximum Gasteiger partial charge on any atom is 0.227 e. The molecule has 0 bridgehead atoms. The second kappa shape index (κ2) is 5.41. The largest absolute Gasteiger partial charge is 0.377 e. The highest BCUT2D eigenvalue weighted by Crippen LogP contribution is 2.20. The maximum atomic E-state index is 12.3. The molecular weight excluding hydrogens is 240 g/mol. The molecule has 0 N–H and O–H groups in total. The van der Waals surface area contributed by atoms with Crippen molar-refractivity contribution >= 4 is 5.91 Å². The number of carbonyl (C=O) groups excluding carboxylic acids is 1. The lowest BCUT2D eigenvalue weighted by atomic mass is 10.0. The molecule has 1 aromatic carbocycles. The van der Waals surface area contributed by atoms with Crippen LogP contribution in [0.3, 0.4) is 0 Å². The van der Waals surface area contributed by atoms with Crippen LogP contribution in [0.25, 0.3) is 0 Å². The van der Waals surface area contributed by atoms with Gasteiger partial charge in [0.15, 0.2) is 0 Å². The molecule has 1 saturated heterocycles. The van der Waals surface area contributed by atoms with Crippen LogP contribution in [-0.4, -0.2) is 36.1 Å². The molecule has 1 amide bonds. The minimum absolute atomic E-state index is 0.109. The number of rotatable bonds is 2. The number of nitrogens with zero attached hydrogens (tertiary/aromatic N) is 2. The summed E-state index contributed by atoms with van der Waals surface area (Å²) in [5.74, 6) is 0.109. The minimum Gasteiger partial charge on any atom is -0.377 e. The average molecular weight is 258 g/mol. The summed E-state index contributed by atoms with van der Waals surface area (Å²) >= 11 is 0. The Kier molecular flexibility index (Phi) is 3.87. The quantitative estimate of drug-likeness (QED) is 0.812. The summed E-state index contributed by atoms with van der Waals surface area (Å²) in [6, 6.07) is 9.23. The standard InChI is InChI=1S/C15H18N2O2/c1-15(2)11-19-8-7-17(15)14(18)9-12-3-5-13(10-16)6-4-12/h3-6H,7-9,11H2,1-2H3. The fourth-order valence-corrected chi connectivity index (χ4v) is 2.29. The lowest BCUT2D eigenvalue weighted by Gasteiger charge is -2.42. The van der Waals surface area contributed by atoms with E-state index in [-0.39, 0.29) is 11.4 Å². The first-order chi connectivity index (χ1) is 9.03. The van der Waals surface area contributed by atoms with E-state index < -0.39 is 0 Å². The summed E-state index contributed by atoms with van der Waals surface area (Å²) in [5.41, 5.74) is 1.30. The van der Waals surface area contributed by atoms with E-state index in [2.05, 4.69) is 6.07 Å². The SMILES string of the molecule is CC1(C)COCCN1C(=O)Cc1ccc(C#N)cc1. The molecule has 0 radical (unpaired) electrons. The number of ether oxygens (including phenoxy) is 1. The number of benzene rings is 1. The zero-order valence-electron chi connectivity index (χ0n) is 11.3. The van der Waals surface area contributed by atoms with Crippen LogP contribution in [0.5, 0.6) is 0 Å². The van der Waals surface area contributed by atoms with Crippen LogP contribution in [0, 0.1) is 11.3 Å². The molecule has 1 aromatic rings. The molecule has 1 aliphatic rings. The van der Waals surface area contributed by atoms with Crippen LogP contribution >= 0.6 is 0 Å². The van der Waals surface area contributed by atoms with E-state index in [0.717, 1.165) is 5.56 Å². The lowest BCUT2D eigenvalue weighted by Crippen LogP contribution is -2.55. The van der Waals surface area contributed by atoms with Gasteiger partial charge in [-0.05, 0) is 31.5 Å². The molecule has 19 heavy (non-hydrogen) atoms. The van der Waals surface area contributed by atoms with Crippen molar-refractivity contribution in [2.75, 3.05) is 19.8 Å². The number of hydrogen-bond acceptors (Lipinski definition) is 3. The second-order valence-electron chi connectivity index (χ2n) is 5.40. The Morgan fingerprint density at radius 3 is 2.68 bits per heavy atom. The summed E-state index contributed by atoms with van der Waals surface area (Å²) in [7, 11) is 0. The molecule has 0 aliphatic carbocycles. The third-order valence-electron chi connectivity index (χ3n) is 3.38. The van der Waals surface area contributed by atoms with Crippen molar-refractivity contribution in [3.8, 4) is 6.07 Å². The predicted molar refractivity (Wildman–Crippen MR) is 71.5 cm³/mol. The zero-order chi connectivity index (χ0) is 13.9. The van der Waals surface area contributed by atoms with E-state index in [9.17, 15) is 4.79 Å². The Hall–Kier alpha value is -1.86. The first-order valence-corrected chi connectivity index (χ1v) is 6.40. The van der Waals surface area contributed by atoms with Crippen molar-refractivity contribution in [1.82, 2.24) is 4.90 Å². The monoisotopic (exact) mass is 258 g/mol. The highest BCUT2D eigenvalue weighted by atomic mass is 16.5. The van der Waals surface area contributed by atoms with E-state index in [0.29, 0.717) is 31.7 Å². The van der Waals surface area contributed by atoms with Crippen LogP contribution < -0.4 is 0 Å². The molecule has 4 heteroatoms. The summed E-state index contributed by atoms with van der Waals surface area (Å²) in [5, 5.41) is 8.74. The van der Waals surface area contributed by atoms with Crippen molar-refractivity contribution in [2.45, 2.75) is 25.8 Å². The lowest BCUT2D eigenvalue weighted by molar-refractivity contribution is -0.145. The van der Waals surface area contributed by atoms with Crippen molar-refractivity contribution in [2.24, 2.45) is 0 Å². The third kappa shape index (κ3) is 3.12. The number of amides is 1. The molecule has 0 atom stereocenters. The Bertz CT molecular complexity index is 500. The van der Waals surface area contributed by atoms with Gasteiger partial charge >= 0.3 is 0 Å². The van der Waals surface area contributed by atoms with Gasteiger partial charge in [-0.25, -0.2) is 0 Å². The molecule has 4 nitrogen and oxygen atoms in total. The van der Waals surface area contributed by atoms with Crippen LogP contribution in [0.2, 0.25) is 0 Å². The van der Waals surface area contributed by atoms with Crippen molar-refractivity contribution in [3.05, 3.63) is 35.4 Å². The van der Waals surface area contributed by atoms with Gasteiger partial charge in [0.05, 0.1) is 36.8 Å².